The van der Waals surface area contributed by atoms with E-state index in [4.69, 9.17) is 0 Å². The Bertz CT molecular complexity index is 1690. The second kappa shape index (κ2) is 11.2. The van der Waals surface area contributed by atoms with Crippen molar-refractivity contribution in [1.29, 1.82) is 0 Å². The molecule has 0 aliphatic carbocycles. The molecule has 200 valence electrons. The molecule has 0 aliphatic heterocycles. The van der Waals surface area contributed by atoms with Crippen LogP contribution in [-0.4, -0.2) is 33.7 Å². The van der Waals surface area contributed by atoms with Crippen LogP contribution in [0.5, 0.6) is 0 Å². The number of rotatable bonds is 6. The van der Waals surface area contributed by atoms with Gasteiger partial charge in [-0.1, -0.05) is 71.8 Å². The summed E-state index contributed by atoms with van der Waals surface area (Å²) in [6.07, 6.45) is 0. The SMILES string of the molecule is Cc1ccc(S(=O)(=O)S(=O)(=O)c2ccc(C)cc2)cc1.O=S(=O)(c1ccccc1)S(=O)(=O)c1ccccc1. The maximum absolute atomic E-state index is 12.3. The molecule has 0 spiro atoms. The predicted molar refractivity (Wildman–Crippen MR) is 144 cm³/mol. The van der Waals surface area contributed by atoms with E-state index < -0.39 is 35.5 Å². The van der Waals surface area contributed by atoms with Crippen LogP contribution in [0.3, 0.4) is 0 Å². The van der Waals surface area contributed by atoms with E-state index in [1.807, 2.05) is 0 Å². The van der Waals surface area contributed by atoms with Gasteiger partial charge in [-0.15, -0.1) is 0 Å². The minimum atomic E-state index is -4.45. The Hall–Kier alpha value is -3.32. The van der Waals surface area contributed by atoms with Crippen molar-refractivity contribution in [3.8, 4) is 0 Å². The zero-order valence-corrected chi connectivity index (χ0v) is 23.6. The van der Waals surface area contributed by atoms with Gasteiger partial charge in [-0.3, -0.25) is 0 Å². The maximum atomic E-state index is 12.3. The Morgan fingerprint density at radius 1 is 0.316 bits per heavy atom. The maximum Gasteiger partial charge on any atom is 0.286 e. The fourth-order valence-electron chi connectivity index (χ4n) is 3.09. The molecule has 0 saturated carbocycles. The van der Waals surface area contributed by atoms with Gasteiger partial charge in [-0.25, -0.2) is 33.7 Å². The molecular formula is C26H24O8S4. The summed E-state index contributed by atoms with van der Waals surface area (Å²) in [5.41, 5.74) is 1.72. The summed E-state index contributed by atoms with van der Waals surface area (Å²) in [7, 11) is -17.7. The molecule has 0 fully saturated rings. The van der Waals surface area contributed by atoms with E-state index in [-0.39, 0.29) is 19.6 Å². The molecule has 0 saturated heterocycles. The van der Waals surface area contributed by atoms with Gasteiger partial charge in [0.25, 0.3) is 35.5 Å². The van der Waals surface area contributed by atoms with Gasteiger partial charge in [-0.05, 0) is 62.4 Å². The summed E-state index contributed by atoms with van der Waals surface area (Å²) in [4.78, 5) is -0.893. The van der Waals surface area contributed by atoms with E-state index in [0.717, 1.165) is 11.1 Å². The monoisotopic (exact) mass is 592 g/mol. The van der Waals surface area contributed by atoms with Crippen LogP contribution in [0.15, 0.2) is 129 Å². The molecule has 0 heterocycles. The van der Waals surface area contributed by atoms with Crippen molar-refractivity contribution in [2.75, 3.05) is 0 Å². The minimum absolute atomic E-state index is 0.219. The smallest absolute Gasteiger partial charge is 0.207 e. The summed E-state index contributed by atoms with van der Waals surface area (Å²) in [5, 5.41) is 0. The van der Waals surface area contributed by atoms with Crippen LogP contribution in [0.2, 0.25) is 0 Å². The average Bonchev–Trinajstić information content (AvgIpc) is 2.90. The lowest BCUT2D eigenvalue weighted by atomic mass is 10.2. The van der Waals surface area contributed by atoms with E-state index in [1.165, 1.54) is 72.8 Å². The van der Waals surface area contributed by atoms with Crippen molar-refractivity contribution in [3.05, 3.63) is 120 Å². The van der Waals surface area contributed by atoms with Gasteiger partial charge in [0.15, 0.2) is 0 Å². The first-order chi connectivity index (χ1) is 17.7. The summed E-state index contributed by atoms with van der Waals surface area (Å²) in [5.74, 6) is 0. The number of benzene rings is 4. The van der Waals surface area contributed by atoms with Crippen molar-refractivity contribution < 1.29 is 33.7 Å². The third kappa shape index (κ3) is 5.88. The lowest BCUT2D eigenvalue weighted by molar-refractivity contribution is 0.582. The van der Waals surface area contributed by atoms with E-state index in [0.29, 0.717) is 0 Å². The standard InChI is InChI=1S/C14H14O4S2.C12H10O4S2/c1-11-3-7-13(8-4-11)19(15,16)20(17,18)14-9-5-12(2)6-10-14;13-17(14,11-7-3-1-4-8-11)18(15,16)12-9-5-2-6-10-12/h3-10H,1-2H3;1-10H. The highest BCUT2D eigenvalue weighted by atomic mass is 33.2. The van der Waals surface area contributed by atoms with Gasteiger partial charge in [-0.2, -0.15) is 0 Å². The van der Waals surface area contributed by atoms with Crippen molar-refractivity contribution in [2.24, 2.45) is 0 Å². The highest BCUT2D eigenvalue weighted by Crippen LogP contribution is 2.25. The highest BCUT2D eigenvalue weighted by Gasteiger charge is 2.34. The lowest BCUT2D eigenvalue weighted by Gasteiger charge is -2.07. The summed E-state index contributed by atoms with van der Waals surface area (Å²) in [6.45, 7) is 3.59. The highest BCUT2D eigenvalue weighted by molar-refractivity contribution is 8.67. The largest absolute Gasteiger partial charge is 0.286 e. The summed E-state index contributed by atoms with van der Waals surface area (Å²) in [6, 6.07) is 25.7. The third-order valence-electron chi connectivity index (χ3n) is 5.26. The quantitative estimate of drug-likeness (QED) is 0.302. The number of hydrogen-bond donors (Lipinski definition) is 0. The van der Waals surface area contributed by atoms with Gasteiger partial charge in [0.05, 0.1) is 19.6 Å². The van der Waals surface area contributed by atoms with Gasteiger partial charge in [0.1, 0.15) is 0 Å². The average molecular weight is 593 g/mol. The molecule has 12 heteroatoms. The molecule has 0 aromatic heterocycles. The first-order valence-electron chi connectivity index (χ1n) is 10.9. The van der Waals surface area contributed by atoms with Crippen molar-refractivity contribution in [3.63, 3.8) is 0 Å². The molecule has 0 atom stereocenters. The zero-order chi connectivity index (χ0) is 28.2. The number of hydrogen-bond acceptors (Lipinski definition) is 8. The molecular weight excluding hydrogens is 569 g/mol. The lowest BCUT2D eigenvalue weighted by Crippen LogP contribution is -2.16. The second-order valence-corrected chi connectivity index (χ2v) is 18.9. The van der Waals surface area contributed by atoms with Gasteiger partial charge in [0.2, 0.25) is 0 Å². The van der Waals surface area contributed by atoms with Crippen LogP contribution < -0.4 is 0 Å². The Kier molecular flexibility index (Phi) is 8.62. The van der Waals surface area contributed by atoms with Crippen molar-refractivity contribution in [1.82, 2.24) is 0 Å². The molecule has 0 amide bonds. The molecule has 4 aromatic carbocycles. The van der Waals surface area contributed by atoms with E-state index in [1.54, 1.807) is 50.2 Å². The van der Waals surface area contributed by atoms with Crippen LogP contribution in [-0.2, 0) is 35.5 Å². The van der Waals surface area contributed by atoms with Gasteiger partial charge >= 0.3 is 0 Å². The van der Waals surface area contributed by atoms with Crippen LogP contribution >= 0.6 is 0 Å². The first-order valence-corrected chi connectivity index (χ1v) is 17.9. The molecule has 4 aromatic rings. The fourth-order valence-corrected chi connectivity index (χ4v) is 10.4. The third-order valence-corrected chi connectivity index (χ3v) is 15.6. The molecule has 8 nitrogen and oxygen atoms in total. The summed E-state index contributed by atoms with van der Waals surface area (Å²) < 4.78 is 97.3. The van der Waals surface area contributed by atoms with E-state index in [2.05, 4.69) is 0 Å². The Morgan fingerprint density at radius 3 is 0.763 bits per heavy atom. The molecule has 0 unspecified atom stereocenters. The van der Waals surface area contributed by atoms with Crippen molar-refractivity contribution >= 4 is 35.5 Å². The molecule has 38 heavy (non-hydrogen) atoms. The van der Waals surface area contributed by atoms with E-state index in [9.17, 15) is 33.7 Å². The summed E-state index contributed by atoms with van der Waals surface area (Å²) >= 11 is 0. The van der Waals surface area contributed by atoms with Crippen molar-refractivity contribution in [2.45, 2.75) is 33.4 Å². The minimum Gasteiger partial charge on any atom is -0.207 e. The molecule has 4 rings (SSSR count). The molecule has 0 N–H and O–H groups in total. The van der Waals surface area contributed by atoms with E-state index >= 15 is 0 Å². The Balaban J connectivity index is 0.000000212. The second-order valence-electron chi connectivity index (χ2n) is 8.07. The van der Waals surface area contributed by atoms with Gasteiger partial charge in [0, 0.05) is 0 Å². The fraction of sp³-hybridized carbons (Fsp3) is 0.0769. The van der Waals surface area contributed by atoms with Crippen LogP contribution in [0.25, 0.3) is 0 Å². The van der Waals surface area contributed by atoms with Crippen LogP contribution in [0.4, 0.5) is 0 Å². The van der Waals surface area contributed by atoms with Crippen LogP contribution in [0, 0.1) is 13.8 Å². The van der Waals surface area contributed by atoms with Gasteiger partial charge < -0.3 is 0 Å². The first kappa shape index (κ1) is 29.2. The molecule has 0 aliphatic rings. The Labute approximate surface area is 222 Å². The predicted octanol–water partition coefficient (Wildman–Crippen LogP) is 4.32. The topological polar surface area (TPSA) is 137 Å². The normalized spacial score (nSPS) is 12.3. The Morgan fingerprint density at radius 2 is 0.526 bits per heavy atom. The molecule has 0 bridgehead atoms. The number of aryl methyl sites for hydroxylation is 2. The van der Waals surface area contributed by atoms with Crippen LogP contribution in [0.1, 0.15) is 11.1 Å². The molecule has 0 radical (unpaired) electrons. The zero-order valence-electron chi connectivity index (χ0n) is 20.3.